The number of rotatable bonds is 7. The van der Waals surface area contributed by atoms with E-state index in [1.165, 1.54) is 0 Å². The Labute approximate surface area is 116 Å². The molecule has 0 saturated heterocycles. The molecule has 1 atom stereocenters. The maximum absolute atomic E-state index is 11.1. The van der Waals surface area contributed by atoms with Crippen LogP contribution in [0.25, 0.3) is 0 Å². The maximum atomic E-state index is 11.1. The molecule has 0 bridgehead atoms. The van der Waals surface area contributed by atoms with Crippen molar-refractivity contribution >= 4 is 29.2 Å². The number of nitro groups is 1. The third-order valence-electron chi connectivity index (χ3n) is 2.38. The van der Waals surface area contributed by atoms with Crippen LogP contribution in [0.3, 0.4) is 0 Å². The number of nitrogens with one attached hydrogen (secondary N) is 2. The highest BCUT2D eigenvalue weighted by Gasteiger charge is 2.22. The highest BCUT2D eigenvalue weighted by molar-refractivity contribution is 7.98. The van der Waals surface area contributed by atoms with Crippen LogP contribution in [0.15, 0.2) is 0 Å². The Morgan fingerprint density at radius 2 is 2.16 bits per heavy atom. The molecule has 0 saturated carbocycles. The third kappa shape index (κ3) is 4.23. The van der Waals surface area contributed by atoms with Gasteiger partial charge in [-0.2, -0.15) is 16.7 Å². The number of anilines is 2. The monoisotopic (exact) mass is 285 g/mol. The van der Waals surface area contributed by atoms with Gasteiger partial charge in [0.2, 0.25) is 11.8 Å². The zero-order valence-electron chi connectivity index (χ0n) is 11.6. The summed E-state index contributed by atoms with van der Waals surface area (Å²) in [6.45, 7) is 6.16. The largest absolute Gasteiger partial charge is 0.361 e. The van der Waals surface area contributed by atoms with Crippen LogP contribution in [0.1, 0.15) is 19.5 Å². The summed E-state index contributed by atoms with van der Waals surface area (Å²) >= 11 is 1.67. The zero-order valence-corrected chi connectivity index (χ0v) is 12.4. The van der Waals surface area contributed by atoms with E-state index in [1.54, 1.807) is 18.7 Å². The summed E-state index contributed by atoms with van der Waals surface area (Å²) in [5.74, 6) is 1.52. The first-order chi connectivity index (χ1) is 8.99. The van der Waals surface area contributed by atoms with Gasteiger partial charge < -0.3 is 10.6 Å². The molecule has 106 valence electrons. The minimum Gasteiger partial charge on any atom is -0.361 e. The maximum Gasteiger partial charge on any atom is 0.332 e. The van der Waals surface area contributed by atoms with Crippen LogP contribution in [-0.2, 0) is 0 Å². The summed E-state index contributed by atoms with van der Waals surface area (Å²) in [5, 5.41) is 17.2. The Balaban J connectivity index is 3.12. The van der Waals surface area contributed by atoms with E-state index in [0.29, 0.717) is 18.2 Å². The smallest absolute Gasteiger partial charge is 0.332 e. The lowest BCUT2D eigenvalue weighted by Crippen LogP contribution is -2.20. The van der Waals surface area contributed by atoms with Gasteiger partial charge in [0.15, 0.2) is 0 Å². The van der Waals surface area contributed by atoms with E-state index >= 15 is 0 Å². The van der Waals surface area contributed by atoms with Gasteiger partial charge in [-0.05, 0) is 27.0 Å². The molecule has 1 unspecified atom stereocenters. The van der Waals surface area contributed by atoms with Gasteiger partial charge >= 0.3 is 5.69 Å². The van der Waals surface area contributed by atoms with Gasteiger partial charge in [0.25, 0.3) is 0 Å². The molecule has 0 aliphatic heterocycles. The van der Waals surface area contributed by atoms with Crippen molar-refractivity contribution in [2.24, 2.45) is 0 Å². The molecule has 0 aliphatic rings. The highest BCUT2D eigenvalue weighted by Crippen LogP contribution is 2.27. The summed E-state index contributed by atoms with van der Waals surface area (Å²) in [6.07, 6.45) is 1.99. The van der Waals surface area contributed by atoms with E-state index in [1.807, 2.05) is 20.1 Å². The molecular formula is C11H19N5O2S. The minimum atomic E-state index is -0.445. The average molecular weight is 285 g/mol. The predicted molar refractivity (Wildman–Crippen MR) is 79.1 cm³/mol. The van der Waals surface area contributed by atoms with Gasteiger partial charge in [-0.1, -0.05) is 0 Å². The fraction of sp³-hybridized carbons (Fsp3) is 0.636. The first-order valence-electron chi connectivity index (χ1n) is 6.02. The van der Waals surface area contributed by atoms with Gasteiger partial charge in [-0.3, -0.25) is 10.1 Å². The molecule has 0 spiro atoms. The standard InChI is InChI=1S/C11H19N5O2S/c1-5-12-11-14-8(3)9(16(17)18)10(15-11)13-7(2)6-19-4/h7H,5-6H2,1-4H3,(H2,12,13,14,15). The second-order valence-electron chi connectivity index (χ2n) is 4.12. The Morgan fingerprint density at radius 3 is 2.68 bits per heavy atom. The summed E-state index contributed by atoms with van der Waals surface area (Å²) in [5.41, 5.74) is 0.296. The molecule has 0 fully saturated rings. The van der Waals surface area contributed by atoms with E-state index in [-0.39, 0.29) is 17.5 Å². The second kappa shape index (κ2) is 7.13. The van der Waals surface area contributed by atoms with Gasteiger partial charge in [-0.25, -0.2) is 4.98 Å². The van der Waals surface area contributed by atoms with E-state index in [2.05, 4.69) is 20.6 Å². The van der Waals surface area contributed by atoms with Crippen molar-refractivity contribution in [3.05, 3.63) is 15.8 Å². The molecular weight excluding hydrogens is 266 g/mol. The Kier molecular flexibility index (Phi) is 5.81. The van der Waals surface area contributed by atoms with Crippen molar-refractivity contribution in [3.8, 4) is 0 Å². The van der Waals surface area contributed by atoms with Crippen molar-refractivity contribution in [2.75, 3.05) is 29.2 Å². The van der Waals surface area contributed by atoms with E-state index in [9.17, 15) is 10.1 Å². The minimum absolute atomic E-state index is 0.0605. The van der Waals surface area contributed by atoms with Crippen molar-refractivity contribution in [2.45, 2.75) is 26.8 Å². The molecule has 8 heteroatoms. The van der Waals surface area contributed by atoms with Crippen LogP contribution in [0.2, 0.25) is 0 Å². The van der Waals surface area contributed by atoms with Gasteiger partial charge in [0.05, 0.1) is 4.92 Å². The SMILES string of the molecule is CCNc1nc(C)c([N+](=O)[O-])c(NC(C)CSC)n1. The normalized spacial score (nSPS) is 12.0. The fourth-order valence-electron chi connectivity index (χ4n) is 1.65. The molecule has 1 aromatic rings. The number of aromatic nitrogens is 2. The fourth-order valence-corrected chi connectivity index (χ4v) is 2.23. The lowest BCUT2D eigenvalue weighted by Gasteiger charge is -2.14. The molecule has 0 aromatic carbocycles. The zero-order chi connectivity index (χ0) is 14.4. The van der Waals surface area contributed by atoms with Gasteiger partial charge in [0, 0.05) is 18.3 Å². The van der Waals surface area contributed by atoms with Crippen molar-refractivity contribution < 1.29 is 4.92 Å². The lowest BCUT2D eigenvalue weighted by atomic mass is 10.3. The van der Waals surface area contributed by atoms with Crippen LogP contribution in [0.5, 0.6) is 0 Å². The third-order valence-corrected chi connectivity index (χ3v) is 3.21. The molecule has 1 rings (SSSR count). The molecule has 1 heterocycles. The highest BCUT2D eigenvalue weighted by atomic mass is 32.2. The lowest BCUT2D eigenvalue weighted by molar-refractivity contribution is -0.385. The van der Waals surface area contributed by atoms with Gasteiger partial charge in [0.1, 0.15) is 5.69 Å². The molecule has 19 heavy (non-hydrogen) atoms. The van der Waals surface area contributed by atoms with E-state index in [0.717, 1.165) is 5.75 Å². The van der Waals surface area contributed by atoms with Crippen LogP contribution >= 0.6 is 11.8 Å². The number of hydrogen-bond acceptors (Lipinski definition) is 7. The second-order valence-corrected chi connectivity index (χ2v) is 5.03. The van der Waals surface area contributed by atoms with Crippen LogP contribution in [0, 0.1) is 17.0 Å². The summed E-state index contributed by atoms with van der Waals surface area (Å²) in [4.78, 5) is 18.9. The number of thioether (sulfide) groups is 1. The van der Waals surface area contributed by atoms with Crippen molar-refractivity contribution in [1.29, 1.82) is 0 Å². The summed E-state index contributed by atoms with van der Waals surface area (Å²) in [6, 6.07) is 0.0949. The Bertz CT molecular complexity index is 455. The molecule has 2 N–H and O–H groups in total. The van der Waals surface area contributed by atoms with Crippen LogP contribution in [0.4, 0.5) is 17.5 Å². The summed E-state index contributed by atoms with van der Waals surface area (Å²) in [7, 11) is 0. The van der Waals surface area contributed by atoms with E-state index < -0.39 is 4.92 Å². The summed E-state index contributed by atoms with van der Waals surface area (Å²) < 4.78 is 0. The predicted octanol–water partition coefficient (Wildman–Crippen LogP) is 2.29. The molecule has 0 amide bonds. The Morgan fingerprint density at radius 1 is 1.47 bits per heavy atom. The quantitative estimate of drug-likeness (QED) is 0.586. The Hall–Kier alpha value is -1.57. The first kappa shape index (κ1) is 15.5. The van der Waals surface area contributed by atoms with Crippen molar-refractivity contribution in [1.82, 2.24) is 9.97 Å². The van der Waals surface area contributed by atoms with Crippen LogP contribution in [-0.4, -0.2) is 39.5 Å². The van der Waals surface area contributed by atoms with Gasteiger partial charge in [-0.15, -0.1) is 0 Å². The van der Waals surface area contributed by atoms with Crippen molar-refractivity contribution in [3.63, 3.8) is 0 Å². The van der Waals surface area contributed by atoms with E-state index in [4.69, 9.17) is 0 Å². The number of nitrogens with zero attached hydrogens (tertiary/aromatic N) is 3. The molecule has 7 nitrogen and oxygen atoms in total. The number of hydrogen-bond donors (Lipinski definition) is 2. The van der Waals surface area contributed by atoms with Crippen LogP contribution < -0.4 is 10.6 Å². The molecule has 0 radical (unpaired) electrons. The average Bonchev–Trinajstić information content (AvgIpc) is 2.28. The number of aryl methyl sites for hydroxylation is 1. The molecule has 0 aliphatic carbocycles. The molecule has 1 aromatic heterocycles. The first-order valence-corrected chi connectivity index (χ1v) is 7.41. The topological polar surface area (TPSA) is 93.0 Å².